The molecule has 0 aliphatic carbocycles. The highest BCUT2D eigenvalue weighted by molar-refractivity contribution is 5.92. The summed E-state index contributed by atoms with van der Waals surface area (Å²) >= 11 is 0. The molecule has 2 fully saturated rings. The van der Waals surface area contributed by atoms with Gasteiger partial charge < -0.3 is 14.5 Å². The normalized spacial score (nSPS) is 19.6. The molecule has 1 amide bonds. The molecule has 4 heterocycles. The van der Waals surface area contributed by atoms with Crippen LogP contribution < -0.4 is 9.64 Å². The number of carbonyl (C=O) groups is 1. The zero-order valence-electron chi connectivity index (χ0n) is 15.9. The molecule has 4 rings (SSSR count). The molecule has 7 nitrogen and oxygen atoms in total. The van der Waals surface area contributed by atoms with E-state index in [0.717, 1.165) is 36.8 Å². The van der Waals surface area contributed by atoms with Crippen molar-refractivity contribution >= 4 is 11.7 Å². The van der Waals surface area contributed by atoms with Gasteiger partial charge in [0.1, 0.15) is 17.6 Å². The van der Waals surface area contributed by atoms with Gasteiger partial charge in [0.2, 0.25) is 0 Å². The molecule has 0 N–H and O–H groups in total. The van der Waals surface area contributed by atoms with Gasteiger partial charge in [0.15, 0.2) is 11.6 Å². The van der Waals surface area contributed by atoms with Crippen molar-refractivity contribution in [2.75, 3.05) is 31.1 Å². The lowest BCUT2D eigenvalue weighted by molar-refractivity contribution is 0.0766. The van der Waals surface area contributed by atoms with Gasteiger partial charge in [-0.1, -0.05) is 0 Å². The molecule has 142 valence electrons. The fourth-order valence-corrected chi connectivity index (χ4v) is 3.82. The summed E-state index contributed by atoms with van der Waals surface area (Å²) in [6, 6.07) is 5.62. The van der Waals surface area contributed by atoms with Gasteiger partial charge in [0, 0.05) is 37.9 Å². The van der Waals surface area contributed by atoms with Crippen LogP contribution in [0.3, 0.4) is 0 Å². The number of hydrogen-bond donors (Lipinski definition) is 0. The number of likely N-dealkylation sites (tertiary alicyclic amines) is 1. The molecular formula is C20H25N5O2. The molecule has 1 atom stereocenters. The molecule has 2 aliphatic heterocycles. The highest BCUT2D eigenvalue weighted by Gasteiger charge is 2.30. The first-order chi connectivity index (χ1) is 13.1. The third-order valence-corrected chi connectivity index (χ3v) is 5.07. The average Bonchev–Trinajstić information content (AvgIpc) is 3.33. The number of aryl methyl sites for hydroxylation is 2. The number of ether oxygens (including phenoxy) is 1. The minimum atomic E-state index is -0.0550. The number of aromatic nitrogens is 3. The van der Waals surface area contributed by atoms with Crippen LogP contribution in [0.15, 0.2) is 24.4 Å². The van der Waals surface area contributed by atoms with Gasteiger partial charge in [-0.05, 0) is 44.9 Å². The van der Waals surface area contributed by atoms with E-state index in [1.807, 2.05) is 37.1 Å². The molecule has 2 aromatic rings. The Kier molecular flexibility index (Phi) is 4.92. The van der Waals surface area contributed by atoms with Crippen molar-refractivity contribution in [2.24, 2.45) is 0 Å². The van der Waals surface area contributed by atoms with Crippen molar-refractivity contribution in [3.63, 3.8) is 0 Å². The van der Waals surface area contributed by atoms with Crippen LogP contribution in [0.4, 0.5) is 5.82 Å². The number of carbonyl (C=O) groups excluding carboxylic acids is 1. The Bertz CT molecular complexity index is 815. The Labute approximate surface area is 159 Å². The van der Waals surface area contributed by atoms with E-state index in [2.05, 4.69) is 19.9 Å². The van der Waals surface area contributed by atoms with Crippen molar-refractivity contribution in [1.29, 1.82) is 0 Å². The fraction of sp³-hybridized carbons (Fsp3) is 0.500. The summed E-state index contributed by atoms with van der Waals surface area (Å²) in [4.78, 5) is 29.9. The van der Waals surface area contributed by atoms with Gasteiger partial charge in [-0.2, -0.15) is 0 Å². The van der Waals surface area contributed by atoms with Crippen LogP contribution in [0.1, 0.15) is 41.3 Å². The predicted octanol–water partition coefficient (Wildman–Crippen LogP) is 2.38. The maximum absolute atomic E-state index is 12.8. The van der Waals surface area contributed by atoms with Crippen molar-refractivity contribution in [3.8, 4) is 5.75 Å². The smallest absolute Gasteiger partial charge is 0.272 e. The zero-order valence-corrected chi connectivity index (χ0v) is 15.9. The van der Waals surface area contributed by atoms with E-state index < -0.39 is 0 Å². The summed E-state index contributed by atoms with van der Waals surface area (Å²) in [7, 11) is 0. The van der Waals surface area contributed by atoms with E-state index in [1.54, 1.807) is 6.07 Å². The molecule has 0 spiro atoms. The molecule has 2 aliphatic rings. The maximum atomic E-state index is 12.8. The summed E-state index contributed by atoms with van der Waals surface area (Å²) in [6.45, 7) is 6.97. The van der Waals surface area contributed by atoms with E-state index >= 15 is 0 Å². The van der Waals surface area contributed by atoms with Crippen LogP contribution in [0.2, 0.25) is 0 Å². The lowest BCUT2D eigenvalue weighted by atomic mass is 10.3. The average molecular weight is 367 g/mol. The van der Waals surface area contributed by atoms with E-state index in [4.69, 9.17) is 4.74 Å². The second-order valence-electron chi connectivity index (χ2n) is 7.24. The molecule has 7 heteroatoms. The van der Waals surface area contributed by atoms with Crippen LogP contribution in [0, 0.1) is 13.8 Å². The summed E-state index contributed by atoms with van der Waals surface area (Å²) in [5, 5.41) is 0. The Balaban J connectivity index is 1.44. The zero-order chi connectivity index (χ0) is 18.8. The third kappa shape index (κ3) is 3.86. The number of hydrogen-bond acceptors (Lipinski definition) is 6. The van der Waals surface area contributed by atoms with Gasteiger partial charge in [0.25, 0.3) is 5.91 Å². The monoisotopic (exact) mass is 367 g/mol. The fourth-order valence-electron chi connectivity index (χ4n) is 3.82. The highest BCUT2D eigenvalue weighted by atomic mass is 16.5. The van der Waals surface area contributed by atoms with Crippen molar-refractivity contribution < 1.29 is 9.53 Å². The van der Waals surface area contributed by atoms with Crippen molar-refractivity contribution in [1.82, 2.24) is 19.9 Å². The minimum absolute atomic E-state index is 0.0245. The first-order valence-corrected chi connectivity index (χ1v) is 9.58. The second kappa shape index (κ2) is 7.50. The Morgan fingerprint density at radius 2 is 2.00 bits per heavy atom. The number of nitrogens with zero attached hydrogens (tertiary/aromatic N) is 5. The van der Waals surface area contributed by atoms with E-state index in [-0.39, 0.29) is 12.0 Å². The van der Waals surface area contributed by atoms with E-state index in [1.165, 1.54) is 12.8 Å². The molecule has 0 unspecified atom stereocenters. The van der Waals surface area contributed by atoms with Gasteiger partial charge >= 0.3 is 0 Å². The molecule has 0 bridgehead atoms. The summed E-state index contributed by atoms with van der Waals surface area (Å²) < 4.78 is 6.25. The molecule has 0 aromatic carbocycles. The second-order valence-corrected chi connectivity index (χ2v) is 7.24. The van der Waals surface area contributed by atoms with Crippen molar-refractivity contribution in [2.45, 2.75) is 39.2 Å². The molecular weight excluding hydrogens is 342 g/mol. The van der Waals surface area contributed by atoms with Crippen LogP contribution >= 0.6 is 0 Å². The first-order valence-electron chi connectivity index (χ1n) is 9.58. The predicted molar refractivity (Wildman–Crippen MR) is 102 cm³/mol. The van der Waals surface area contributed by atoms with Gasteiger partial charge in [0.05, 0.1) is 6.54 Å². The Morgan fingerprint density at radius 1 is 1.19 bits per heavy atom. The number of rotatable bonds is 4. The summed E-state index contributed by atoms with van der Waals surface area (Å²) in [6.07, 6.45) is 4.98. The largest absolute Gasteiger partial charge is 0.485 e. The minimum Gasteiger partial charge on any atom is -0.485 e. The number of amides is 1. The number of pyridine rings is 1. The Morgan fingerprint density at radius 3 is 2.78 bits per heavy atom. The van der Waals surface area contributed by atoms with Crippen molar-refractivity contribution in [3.05, 3.63) is 41.6 Å². The molecule has 2 saturated heterocycles. The van der Waals surface area contributed by atoms with Crippen LogP contribution in [0.25, 0.3) is 0 Å². The van der Waals surface area contributed by atoms with Gasteiger partial charge in [-0.25, -0.2) is 15.0 Å². The topological polar surface area (TPSA) is 71.5 Å². The molecule has 0 saturated carbocycles. The highest BCUT2D eigenvalue weighted by Crippen LogP contribution is 2.30. The molecule has 27 heavy (non-hydrogen) atoms. The lowest BCUT2D eigenvalue weighted by Crippen LogP contribution is -2.32. The summed E-state index contributed by atoms with van der Waals surface area (Å²) in [5.41, 5.74) is 1.27. The van der Waals surface area contributed by atoms with Gasteiger partial charge in [-0.15, -0.1) is 0 Å². The maximum Gasteiger partial charge on any atom is 0.272 e. The molecule has 0 radical (unpaired) electrons. The van der Waals surface area contributed by atoms with Gasteiger partial charge in [-0.3, -0.25) is 4.79 Å². The van der Waals surface area contributed by atoms with E-state index in [0.29, 0.717) is 24.6 Å². The van der Waals surface area contributed by atoms with Crippen LogP contribution in [-0.4, -0.2) is 58.0 Å². The summed E-state index contributed by atoms with van der Waals surface area (Å²) in [5.74, 6) is 2.30. The number of anilines is 1. The first kappa shape index (κ1) is 17.7. The molecule has 2 aromatic heterocycles. The van der Waals surface area contributed by atoms with E-state index in [9.17, 15) is 4.79 Å². The van der Waals surface area contributed by atoms with Crippen LogP contribution in [-0.2, 0) is 0 Å². The third-order valence-electron chi connectivity index (χ3n) is 5.07. The quantitative estimate of drug-likeness (QED) is 0.826. The SMILES string of the molecule is Cc1cc(C(=O)N2CC[C@H](Oc3cccnc3N3CCCC3)C2)nc(C)n1. The lowest BCUT2D eigenvalue weighted by Gasteiger charge is -2.22. The Hall–Kier alpha value is -2.70. The standard InChI is InChI=1S/C20H25N5O2/c1-14-12-17(23-15(2)22-14)20(26)25-11-7-16(13-25)27-18-6-5-8-21-19(18)24-9-3-4-10-24/h5-6,8,12,16H,3-4,7,9-11,13H2,1-2H3/t16-/m0/s1. The van der Waals surface area contributed by atoms with Crippen LogP contribution in [0.5, 0.6) is 5.75 Å².